The molecule has 0 saturated carbocycles. The van der Waals surface area contributed by atoms with E-state index in [4.69, 9.17) is 22.4 Å². The van der Waals surface area contributed by atoms with E-state index in [2.05, 4.69) is 0 Å². The fraction of sp³-hybridized carbons (Fsp3) is 0.400. The number of halogens is 4. The molecular formula is C10H11ClF3NO. The lowest BCUT2D eigenvalue weighted by Crippen LogP contribution is -2.15. The molecule has 16 heavy (non-hydrogen) atoms. The van der Waals surface area contributed by atoms with Crippen LogP contribution < -0.4 is 5.73 Å². The smallest absolute Gasteiger partial charge is 0.396 e. The number of alkyl halides is 3. The summed E-state index contributed by atoms with van der Waals surface area (Å²) in [6, 6.07) is 2.89. The molecule has 6 heteroatoms. The zero-order valence-corrected chi connectivity index (χ0v) is 9.02. The third-order valence-electron chi connectivity index (χ3n) is 2.17. The Hall–Kier alpha value is -0.780. The van der Waals surface area contributed by atoms with Crippen molar-refractivity contribution in [3.63, 3.8) is 0 Å². The van der Waals surface area contributed by atoms with Gasteiger partial charge in [0.15, 0.2) is 0 Å². The highest BCUT2D eigenvalue weighted by Crippen LogP contribution is 2.37. The van der Waals surface area contributed by atoms with Gasteiger partial charge in [-0.15, -0.1) is 0 Å². The molecule has 0 heterocycles. The molecule has 3 N–H and O–H groups in total. The van der Waals surface area contributed by atoms with Crippen molar-refractivity contribution >= 4 is 11.6 Å². The summed E-state index contributed by atoms with van der Waals surface area (Å²) in [6.07, 6.45) is -4.33. The van der Waals surface area contributed by atoms with Crippen molar-refractivity contribution < 1.29 is 18.3 Å². The normalized spacial score (nSPS) is 13.9. The molecule has 0 aliphatic rings. The summed E-state index contributed by atoms with van der Waals surface area (Å²) in [5.74, 6) is 0. The van der Waals surface area contributed by atoms with E-state index in [1.165, 1.54) is 12.1 Å². The van der Waals surface area contributed by atoms with Crippen LogP contribution in [0.4, 0.5) is 13.2 Å². The fourth-order valence-electron chi connectivity index (χ4n) is 1.35. The Balaban J connectivity index is 3.14. The first-order valence-electron chi connectivity index (χ1n) is 4.60. The number of nitrogens with two attached hydrogens (primary N) is 1. The molecular weight excluding hydrogens is 243 g/mol. The third-order valence-corrected chi connectivity index (χ3v) is 2.60. The second kappa shape index (κ2) is 5.03. The molecule has 0 radical (unpaired) electrons. The number of aliphatic hydroxyl groups excluding tert-OH is 1. The fourth-order valence-corrected chi connectivity index (χ4v) is 1.72. The van der Waals surface area contributed by atoms with Crippen LogP contribution in [0, 0.1) is 0 Å². The SMILES string of the molecule is N[C@H](CCO)c1cccc(C(F)(F)F)c1Cl. The molecule has 0 fully saturated rings. The summed E-state index contributed by atoms with van der Waals surface area (Å²) in [5, 5.41) is 8.28. The van der Waals surface area contributed by atoms with Gasteiger partial charge in [-0.2, -0.15) is 13.2 Å². The zero-order valence-electron chi connectivity index (χ0n) is 8.26. The third kappa shape index (κ3) is 2.87. The van der Waals surface area contributed by atoms with Crippen LogP contribution in [0.5, 0.6) is 0 Å². The lowest BCUT2D eigenvalue weighted by atomic mass is 10.0. The molecule has 0 aromatic heterocycles. The van der Waals surface area contributed by atoms with E-state index >= 15 is 0 Å². The summed E-state index contributed by atoms with van der Waals surface area (Å²) in [4.78, 5) is 0. The standard InChI is InChI=1S/C10H11ClF3NO/c11-9-6(8(15)4-5-16)2-1-3-7(9)10(12,13)14/h1-3,8,16H,4-5,15H2/t8-/m1/s1. The Kier molecular flexibility index (Phi) is 4.18. The molecule has 1 aromatic carbocycles. The van der Waals surface area contributed by atoms with E-state index < -0.39 is 22.8 Å². The van der Waals surface area contributed by atoms with E-state index in [-0.39, 0.29) is 18.6 Å². The Labute approximate surface area is 95.8 Å². The average molecular weight is 254 g/mol. The largest absolute Gasteiger partial charge is 0.417 e. The van der Waals surface area contributed by atoms with Crippen molar-refractivity contribution in [2.45, 2.75) is 18.6 Å². The molecule has 0 unspecified atom stereocenters. The maximum atomic E-state index is 12.5. The van der Waals surface area contributed by atoms with Gasteiger partial charge >= 0.3 is 6.18 Å². The highest BCUT2D eigenvalue weighted by Gasteiger charge is 2.34. The van der Waals surface area contributed by atoms with E-state index in [1.54, 1.807) is 0 Å². The maximum absolute atomic E-state index is 12.5. The monoisotopic (exact) mass is 253 g/mol. The van der Waals surface area contributed by atoms with Crippen LogP contribution in [0.15, 0.2) is 18.2 Å². The van der Waals surface area contributed by atoms with E-state index in [0.717, 1.165) is 6.07 Å². The van der Waals surface area contributed by atoms with Gasteiger partial charge in [0.1, 0.15) is 0 Å². The van der Waals surface area contributed by atoms with Crippen LogP contribution in [0.25, 0.3) is 0 Å². The number of rotatable bonds is 3. The predicted molar refractivity (Wildman–Crippen MR) is 55.1 cm³/mol. The molecule has 0 bridgehead atoms. The topological polar surface area (TPSA) is 46.2 Å². The molecule has 2 nitrogen and oxygen atoms in total. The lowest BCUT2D eigenvalue weighted by molar-refractivity contribution is -0.137. The summed E-state index contributed by atoms with van der Waals surface area (Å²) in [7, 11) is 0. The molecule has 0 aliphatic carbocycles. The second-order valence-electron chi connectivity index (χ2n) is 3.33. The first-order valence-corrected chi connectivity index (χ1v) is 4.97. The Bertz CT molecular complexity index is 368. The van der Waals surface area contributed by atoms with Crippen LogP contribution in [-0.4, -0.2) is 11.7 Å². The van der Waals surface area contributed by atoms with Gasteiger partial charge < -0.3 is 10.8 Å². The van der Waals surface area contributed by atoms with E-state index in [0.29, 0.717) is 0 Å². The highest BCUT2D eigenvalue weighted by molar-refractivity contribution is 6.32. The molecule has 0 aliphatic heterocycles. The summed E-state index contributed by atoms with van der Waals surface area (Å²) >= 11 is 5.64. The summed E-state index contributed by atoms with van der Waals surface area (Å²) < 4.78 is 37.5. The minimum atomic E-state index is -4.49. The van der Waals surface area contributed by atoms with Crippen molar-refractivity contribution in [2.75, 3.05) is 6.61 Å². The van der Waals surface area contributed by atoms with Gasteiger partial charge in [-0.1, -0.05) is 23.7 Å². The van der Waals surface area contributed by atoms with Gasteiger partial charge in [-0.05, 0) is 18.1 Å². The minimum Gasteiger partial charge on any atom is -0.396 e. The first-order chi connectivity index (χ1) is 7.38. The highest BCUT2D eigenvalue weighted by atomic mass is 35.5. The van der Waals surface area contributed by atoms with E-state index in [9.17, 15) is 13.2 Å². The number of hydrogen-bond donors (Lipinski definition) is 2. The molecule has 90 valence electrons. The number of aliphatic hydroxyl groups is 1. The average Bonchev–Trinajstić information content (AvgIpc) is 2.16. The van der Waals surface area contributed by atoms with Gasteiger partial charge in [0.05, 0.1) is 10.6 Å². The van der Waals surface area contributed by atoms with Crippen molar-refractivity contribution in [3.8, 4) is 0 Å². The molecule has 0 spiro atoms. The van der Waals surface area contributed by atoms with Crippen LogP contribution in [0.1, 0.15) is 23.6 Å². The lowest BCUT2D eigenvalue weighted by Gasteiger charge is -2.16. The Morgan fingerprint density at radius 2 is 2.00 bits per heavy atom. The van der Waals surface area contributed by atoms with Gasteiger partial charge in [0.2, 0.25) is 0 Å². The van der Waals surface area contributed by atoms with Gasteiger partial charge in [-0.25, -0.2) is 0 Å². The first kappa shape index (κ1) is 13.3. The molecule has 1 aromatic rings. The molecule has 1 atom stereocenters. The predicted octanol–water partition coefficient (Wildman–Crippen LogP) is 2.74. The number of hydrogen-bond acceptors (Lipinski definition) is 2. The molecule has 0 saturated heterocycles. The van der Waals surface area contributed by atoms with Gasteiger partial charge in [0.25, 0.3) is 0 Å². The summed E-state index contributed by atoms with van der Waals surface area (Å²) in [5.41, 5.74) is 4.90. The van der Waals surface area contributed by atoms with Crippen LogP contribution in [-0.2, 0) is 6.18 Å². The maximum Gasteiger partial charge on any atom is 0.417 e. The van der Waals surface area contributed by atoms with Crippen LogP contribution >= 0.6 is 11.6 Å². The molecule has 0 amide bonds. The summed E-state index contributed by atoms with van der Waals surface area (Å²) in [6.45, 7) is -0.201. The second-order valence-corrected chi connectivity index (χ2v) is 3.70. The van der Waals surface area contributed by atoms with Crippen molar-refractivity contribution in [2.24, 2.45) is 5.73 Å². The minimum absolute atomic E-state index is 0.168. The van der Waals surface area contributed by atoms with Gasteiger partial charge in [0, 0.05) is 12.6 Å². The van der Waals surface area contributed by atoms with Gasteiger partial charge in [-0.3, -0.25) is 0 Å². The quantitative estimate of drug-likeness (QED) is 0.870. The molecule has 1 rings (SSSR count). The van der Waals surface area contributed by atoms with Crippen molar-refractivity contribution in [1.29, 1.82) is 0 Å². The van der Waals surface area contributed by atoms with Crippen molar-refractivity contribution in [1.82, 2.24) is 0 Å². The van der Waals surface area contributed by atoms with E-state index in [1.807, 2.05) is 0 Å². The Morgan fingerprint density at radius 1 is 1.38 bits per heavy atom. The van der Waals surface area contributed by atoms with Crippen LogP contribution in [0.2, 0.25) is 5.02 Å². The Morgan fingerprint density at radius 3 is 2.50 bits per heavy atom. The zero-order chi connectivity index (χ0) is 12.3. The van der Waals surface area contributed by atoms with Crippen LogP contribution in [0.3, 0.4) is 0 Å². The number of benzene rings is 1. The van der Waals surface area contributed by atoms with Crippen molar-refractivity contribution in [3.05, 3.63) is 34.3 Å².